The molecule has 0 bridgehead atoms. The molecule has 0 aliphatic carbocycles. The molecule has 0 radical (unpaired) electrons. The SMILES string of the molecule is CCC(C)N(C(=O)c1cccc([N+](=O)[O-])c1)C1CC(=O)N(c2ccc(C)cc2)C1=O. The van der Waals surface area contributed by atoms with Gasteiger partial charge >= 0.3 is 0 Å². The van der Waals surface area contributed by atoms with Crippen LogP contribution in [0.4, 0.5) is 11.4 Å². The minimum absolute atomic E-state index is 0.110. The molecule has 156 valence electrons. The van der Waals surface area contributed by atoms with E-state index < -0.39 is 22.8 Å². The Morgan fingerprint density at radius 3 is 2.50 bits per heavy atom. The molecule has 0 N–H and O–H groups in total. The molecule has 0 spiro atoms. The van der Waals surface area contributed by atoms with Crippen LogP contribution in [0.15, 0.2) is 48.5 Å². The van der Waals surface area contributed by atoms with Crippen molar-refractivity contribution >= 4 is 29.1 Å². The van der Waals surface area contributed by atoms with Crippen molar-refractivity contribution < 1.29 is 19.3 Å². The van der Waals surface area contributed by atoms with E-state index >= 15 is 0 Å². The molecule has 2 atom stereocenters. The van der Waals surface area contributed by atoms with E-state index in [-0.39, 0.29) is 29.6 Å². The standard InChI is InChI=1S/C22H23N3O5/c1-4-15(3)23(21(27)16-6-5-7-18(12-16)25(29)30)19-13-20(26)24(22(19)28)17-10-8-14(2)9-11-17/h5-12,15,19H,4,13H2,1-3H3. The lowest BCUT2D eigenvalue weighted by molar-refractivity contribution is -0.384. The molecule has 1 aliphatic heterocycles. The molecule has 0 aromatic heterocycles. The number of nitrogens with zero attached hydrogens (tertiary/aromatic N) is 3. The van der Waals surface area contributed by atoms with Gasteiger partial charge in [-0.05, 0) is 38.5 Å². The normalized spacial score (nSPS) is 17.2. The number of imide groups is 1. The summed E-state index contributed by atoms with van der Waals surface area (Å²) in [5.41, 5.74) is 1.36. The average Bonchev–Trinajstić information content (AvgIpc) is 3.02. The molecule has 2 aromatic carbocycles. The lowest BCUT2D eigenvalue weighted by atomic mass is 10.1. The predicted octanol–water partition coefficient (Wildman–Crippen LogP) is 3.48. The van der Waals surface area contributed by atoms with E-state index in [0.717, 1.165) is 10.5 Å². The molecule has 3 amide bonds. The number of carbonyl (C=O) groups excluding carboxylic acids is 3. The Labute approximate surface area is 174 Å². The van der Waals surface area contributed by atoms with Gasteiger partial charge in [-0.1, -0.05) is 30.7 Å². The molecule has 30 heavy (non-hydrogen) atoms. The summed E-state index contributed by atoms with van der Waals surface area (Å²) >= 11 is 0. The molecule has 2 aromatic rings. The van der Waals surface area contributed by atoms with E-state index in [1.54, 1.807) is 19.1 Å². The fourth-order valence-electron chi connectivity index (χ4n) is 3.55. The first-order valence-electron chi connectivity index (χ1n) is 9.75. The Kier molecular flexibility index (Phi) is 5.96. The maximum absolute atomic E-state index is 13.3. The first-order chi connectivity index (χ1) is 14.2. The van der Waals surface area contributed by atoms with E-state index in [4.69, 9.17) is 0 Å². The van der Waals surface area contributed by atoms with Crippen LogP contribution >= 0.6 is 0 Å². The molecular formula is C22H23N3O5. The summed E-state index contributed by atoms with van der Waals surface area (Å²) in [6.07, 6.45) is 0.431. The van der Waals surface area contributed by atoms with Crippen LogP contribution in [0.1, 0.15) is 42.6 Å². The van der Waals surface area contributed by atoms with Crippen LogP contribution in [0.3, 0.4) is 0 Å². The van der Waals surface area contributed by atoms with Crippen molar-refractivity contribution in [2.45, 2.75) is 45.7 Å². The topological polar surface area (TPSA) is 101 Å². The van der Waals surface area contributed by atoms with E-state index in [2.05, 4.69) is 0 Å². The average molecular weight is 409 g/mol. The third-order valence-corrected chi connectivity index (χ3v) is 5.35. The van der Waals surface area contributed by atoms with Gasteiger partial charge in [-0.15, -0.1) is 0 Å². The Bertz CT molecular complexity index is 1000. The molecule has 3 rings (SSSR count). The Balaban J connectivity index is 1.96. The second-order valence-electron chi connectivity index (χ2n) is 7.40. The maximum atomic E-state index is 13.3. The van der Waals surface area contributed by atoms with Gasteiger partial charge in [0.2, 0.25) is 5.91 Å². The quantitative estimate of drug-likeness (QED) is 0.413. The highest BCUT2D eigenvalue weighted by molar-refractivity contribution is 6.23. The van der Waals surface area contributed by atoms with Gasteiger partial charge in [0.05, 0.1) is 17.0 Å². The van der Waals surface area contributed by atoms with Crippen molar-refractivity contribution in [1.82, 2.24) is 4.90 Å². The van der Waals surface area contributed by atoms with Crippen LogP contribution in [-0.2, 0) is 9.59 Å². The van der Waals surface area contributed by atoms with E-state index in [1.165, 1.54) is 29.2 Å². The number of nitro groups is 1. The number of carbonyl (C=O) groups is 3. The summed E-state index contributed by atoms with van der Waals surface area (Å²) < 4.78 is 0. The molecule has 8 heteroatoms. The molecule has 1 heterocycles. The van der Waals surface area contributed by atoms with E-state index in [0.29, 0.717) is 12.1 Å². The number of anilines is 1. The zero-order valence-corrected chi connectivity index (χ0v) is 17.1. The predicted molar refractivity (Wildman–Crippen MR) is 111 cm³/mol. The molecule has 8 nitrogen and oxygen atoms in total. The van der Waals surface area contributed by atoms with Gasteiger partial charge in [0.25, 0.3) is 17.5 Å². The molecule has 2 unspecified atom stereocenters. The Morgan fingerprint density at radius 2 is 1.90 bits per heavy atom. The summed E-state index contributed by atoms with van der Waals surface area (Å²) in [4.78, 5) is 52.1. The first kappa shape index (κ1) is 21.2. The number of rotatable bonds is 6. The lowest BCUT2D eigenvalue weighted by Gasteiger charge is -2.33. The van der Waals surface area contributed by atoms with Gasteiger partial charge < -0.3 is 4.90 Å². The number of aryl methyl sites for hydroxylation is 1. The molecule has 1 aliphatic rings. The number of non-ortho nitro benzene ring substituents is 1. The largest absolute Gasteiger partial charge is 0.323 e. The van der Waals surface area contributed by atoms with Crippen molar-refractivity contribution in [2.24, 2.45) is 0 Å². The Hall–Kier alpha value is -3.55. The summed E-state index contributed by atoms with van der Waals surface area (Å²) in [5.74, 6) is -1.36. The summed E-state index contributed by atoms with van der Waals surface area (Å²) in [6.45, 7) is 5.57. The molecular weight excluding hydrogens is 386 g/mol. The minimum atomic E-state index is -0.958. The van der Waals surface area contributed by atoms with Crippen LogP contribution in [0, 0.1) is 17.0 Å². The fraction of sp³-hybridized carbons (Fsp3) is 0.318. The van der Waals surface area contributed by atoms with Gasteiger partial charge in [0.15, 0.2) is 0 Å². The van der Waals surface area contributed by atoms with Crippen molar-refractivity contribution in [3.05, 3.63) is 69.8 Å². The van der Waals surface area contributed by atoms with Gasteiger partial charge in [0, 0.05) is 23.7 Å². The van der Waals surface area contributed by atoms with E-state index in [9.17, 15) is 24.5 Å². The van der Waals surface area contributed by atoms with Gasteiger partial charge in [-0.25, -0.2) is 4.90 Å². The third kappa shape index (κ3) is 3.94. The van der Waals surface area contributed by atoms with Crippen LogP contribution in [0.25, 0.3) is 0 Å². The third-order valence-electron chi connectivity index (χ3n) is 5.35. The van der Waals surface area contributed by atoms with Crippen LogP contribution in [0.5, 0.6) is 0 Å². The van der Waals surface area contributed by atoms with Crippen molar-refractivity contribution in [3.63, 3.8) is 0 Å². The zero-order chi connectivity index (χ0) is 22.0. The number of hydrogen-bond donors (Lipinski definition) is 0. The second-order valence-corrected chi connectivity index (χ2v) is 7.40. The van der Waals surface area contributed by atoms with Crippen LogP contribution < -0.4 is 4.90 Å². The highest BCUT2D eigenvalue weighted by Crippen LogP contribution is 2.29. The molecule has 1 saturated heterocycles. The number of benzene rings is 2. The number of nitro benzene ring substituents is 1. The van der Waals surface area contributed by atoms with Gasteiger partial charge in [0.1, 0.15) is 6.04 Å². The van der Waals surface area contributed by atoms with Crippen molar-refractivity contribution in [1.29, 1.82) is 0 Å². The minimum Gasteiger partial charge on any atom is -0.323 e. The van der Waals surface area contributed by atoms with E-state index in [1.807, 2.05) is 26.0 Å². The molecule has 1 fully saturated rings. The monoisotopic (exact) mass is 409 g/mol. The van der Waals surface area contributed by atoms with Crippen LogP contribution in [-0.4, -0.2) is 39.6 Å². The van der Waals surface area contributed by atoms with Gasteiger partial charge in [-0.2, -0.15) is 0 Å². The zero-order valence-electron chi connectivity index (χ0n) is 17.1. The second kappa shape index (κ2) is 8.44. The summed E-state index contributed by atoms with van der Waals surface area (Å²) in [5, 5.41) is 11.1. The summed E-state index contributed by atoms with van der Waals surface area (Å²) in [7, 11) is 0. The van der Waals surface area contributed by atoms with Crippen molar-refractivity contribution in [2.75, 3.05) is 4.90 Å². The summed E-state index contributed by atoms with van der Waals surface area (Å²) in [6, 6.07) is 11.1. The van der Waals surface area contributed by atoms with Crippen molar-refractivity contribution in [3.8, 4) is 0 Å². The highest BCUT2D eigenvalue weighted by Gasteiger charge is 2.45. The maximum Gasteiger partial charge on any atom is 0.270 e. The van der Waals surface area contributed by atoms with Crippen LogP contribution in [0.2, 0.25) is 0 Å². The highest BCUT2D eigenvalue weighted by atomic mass is 16.6. The smallest absolute Gasteiger partial charge is 0.270 e. The molecule has 0 saturated carbocycles. The lowest BCUT2D eigenvalue weighted by Crippen LogP contribution is -2.49. The number of amides is 3. The number of hydrogen-bond acceptors (Lipinski definition) is 5. The van der Waals surface area contributed by atoms with Gasteiger partial charge in [-0.3, -0.25) is 24.5 Å². The Morgan fingerprint density at radius 1 is 1.23 bits per heavy atom. The first-order valence-corrected chi connectivity index (χ1v) is 9.75. The fourth-order valence-corrected chi connectivity index (χ4v) is 3.55.